The number of benzene rings is 3. The van der Waals surface area contributed by atoms with E-state index in [1.807, 2.05) is 13.8 Å². The van der Waals surface area contributed by atoms with Gasteiger partial charge in [-0.05, 0) is 126 Å². The molecule has 2 saturated carbocycles. The molecule has 0 radical (unpaired) electrons. The van der Waals surface area contributed by atoms with E-state index >= 15 is 9.59 Å². The Morgan fingerprint density at radius 2 is 1.30 bits per heavy atom. The second-order valence-corrected chi connectivity index (χ2v) is 31.9. The number of hydrogen-bond donors (Lipinski definition) is 7. The van der Waals surface area contributed by atoms with Gasteiger partial charge < -0.3 is 79.4 Å². The molecule has 3 aliphatic carbocycles. The second kappa shape index (κ2) is 42.3. The standard InChI is InChI=1S/C84H115N5O24/c1-50(2)42-61(62(93)44-57(43-54-26-17-13-18-27-54)77(101)86-48-68(97)87-60(52(4)90)33-24-16-23-32-58(92)36-37-106-40-41-107-39-38-105-12)88-67(96)47-85-66(95)34-25-35-69(98)110-74(71(55-28-19-14-20-29-55)89-80(104)113-81(6,7)8)79(103)109-63-45-59-73(111-78(102)56-30-21-15-22-31-56)75-83(11,76(100)72(99)70(51(63)3)82(59,9)10)64(94)46-65-84(75,49-108-65)112-53(5)91/h13-15,17-22,26-31,50,57,59-61,63-65,71-75,94,99H,16,23-25,32-49H2,1-12H3,(H,85,95)(H,86,101)(H,87,97)(H,88,96)(H,89,104)/t57?,59-,60?,61?,63-,64-,65+,71-,72?,73+,74+,75-,83+,84-/m0/s1. The minimum absolute atomic E-state index is 0.0493. The number of carbonyl (C=O) groups is 13. The van der Waals surface area contributed by atoms with Crippen molar-refractivity contribution in [3.05, 3.63) is 119 Å². The predicted molar refractivity (Wildman–Crippen MR) is 409 cm³/mol. The lowest BCUT2D eigenvalue weighted by Crippen LogP contribution is -2.79. The number of nitrogens with one attached hydrogen (secondary N) is 5. The van der Waals surface area contributed by atoms with Crippen molar-refractivity contribution in [3.63, 3.8) is 0 Å². The van der Waals surface area contributed by atoms with Gasteiger partial charge in [0.25, 0.3) is 0 Å². The van der Waals surface area contributed by atoms with Gasteiger partial charge in [0.05, 0.1) is 87.8 Å². The number of unbranched alkanes of at least 4 members (excludes halogenated alkanes) is 2. The number of alkyl carbamates (subject to hydrolysis) is 1. The van der Waals surface area contributed by atoms with Crippen LogP contribution in [-0.2, 0) is 102 Å². The van der Waals surface area contributed by atoms with Gasteiger partial charge >= 0.3 is 30.0 Å². The largest absolute Gasteiger partial charge is 0.458 e. The molecule has 4 aliphatic rings. The van der Waals surface area contributed by atoms with Crippen LogP contribution in [0, 0.1) is 34.5 Å². The number of aliphatic hydroxyl groups excluding tert-OH is 2. The lowest BCUT2D eigenvalue weighted by atomic mass is 9.46. The molecule has 2 bridgehead atoms. The Labute approximate surface area is 660 Å². The highest BCUT2D eigenvalue weighted by Gasteiger charge is 2.75. The quantitative estimate of drug-likeness (QED) is 0.0128. The Hall–Kier alpha value is -9.13. The normalized spacial score (nSPS) is 22.9. The van der Waals surface area contributed by atoms with Gasteiger partial charge in [-0.3, -0.25) is 47.9 Å². The third kappa shape index (κ3) is 25.4. The molecule has 3 fully saturated rings. The molecule has 14 atom stereocenters. The Bertz CT molecular complexity index is 3830. The maximum Gasteiger partial charge on any atom is 0.408 e. The molecule has 3 aromatic carbocycles. The Balaban J connectivity index is 1.01. The van der Waals surface area contributed by atoms with Gasteiger partial charge in [0, 0.05) is 64.4 Å². The van der Waals surface area contributed by atoms with Crippen molar-refractivity contribution in [1.29, 1.82) is 0 Å². The van der Waals surface area contributed by atoms with Crippen molar-refractivity contribution in [2.45, 2.75) is 232 Å². The summed E-state index contributed by atoms with van der Waals surface area (Å²) in [5, 5.41) is 38.0. The average molecular weight is 1580 g/mol. The fourth-order valence-electron chi connectivity index (χ4n) is 15.7. The van der Waals surface area contributed by atoms with E-state index in [0.717, 1.165) is 0 Å². The number of Topliss-reactive ketones (excluding diaryl/α,β-unsaturated/α-hetero) is 4. The summed E-state index contributed by atoms with van der Waals surface area (Å²) < 4.78 is 52.6. The minimum Gasteiger partial charge on any atom is -0.458 e. The van der Waals surface area contributed by atoms with E-state index in [1.54, 1.807) is 128 Å². The fourth-order valence-corrected chi connectivity index (χ4v) is 15.7. The lowest BCUT2D eigenvalue weighted by molar-refractivity contribution is -0.335. The molecule has 620 valence electrons. The van der Waals surface area contributed by atoms with E-state index in [4.69, 9.17) is 42.6 Å². The molecule has 0 spiro atoms. The van der Waals surface area contributed by atoms with Crippen LogP contribution in [0.15, 0.2) is 102 Å². The molecular weight excluding hydrogens is 1460 g/mol. The van der Waals surface area contributed by atoms with Crippen LogP contribution in [0.4, 0.5) is 4.79 Å². The number of fused-ring (bicyclic) bond motifs is 5. The first-order chi connectivity index (χ1) is 53.5. The van der Waals surface area contributed by atoms with Gasteiger partial charge in [-0.25, -0.2) is 14.4 Å². The zero-order valence-electron chi connectivity index (χ0n) is 67.1. The maximum absolute atomic E-state index is 15.4. The molecule has 7 rings (SSSR count). The molecule has 1 aliphatic heterocycles. The summed E-state index contributed by atoms with van der Waals surface area (Å²) in [5.41, 5.74) is -4.68. The summed E-state index contributed by atoms with van der Waals surface area (Å²) in [6.07, 6.45) is -9.35. The molecule has 1 saturated heterocycles. The van der Waals surface area contributed by atoms with Crippen LogP contribution in [0.3, 0.4) is 0 Å². The van der Waals surface area contributed by atoms with Crippen LogP contribution < -0.4 is 26.6 Å². The van der Waals surface area contributed by atoms with E-state index in [9.17, 15) is 63.0 Å². The van der Waals surface area contributed by atoms with E-state index in [1.165, 1.54) is 32.9 Å². The van der Waals surface area contributed by atoms with Crippen molar-refractivity contribution < 1.29 is 115 Å². The number of ether oxygens (including phenoxy) is 9. The Morgan fingerprint density at radius 3 is 1.91 bits per heavy atom. The molecule has 0 aromatic heterocycles. The van der Waals surface area contributed by atoms with Crippen LogP contribution in [0.2, 0.25) is 0 Å². The monoisotopic (exact) mass is 1580 g/mol. The van der Waals surface area contributed by atoms with Crippen molar-refractivity contribution in [1.82, 2.24) is 26.6 Å². The summed E-state index contributed by atoms with van der Waals surface area (Å²) in [7, 11) is 1.58. The Morgan fingerprint density at radius 1 is 0.681 bits per heavy atom. The van der Waals surface area contributed by atoms with Crippen LogP contribution in [-0.4, -0.2) is 207 Å². The van der Waals surface area contributed by atoms with Gasteiger partial charge in [0.1, 0.15) is 41.8 Å². The summed E-state index contributed by atoms with van der Waals surface area (Å²) >= 11 is 0. The molecule has 5 amide bonds. The number of rotatable bonds is 43. The topological polar surface area (TPSA) is 406 Å². The molecule has 7 N–H and O–H groups in total. The SMILES string of the molecule is COCCOCCOCCC(=O)CCCCCC(NC(=O)CNC(=O)C(CC(=O)C(CC(C)C)NC(=O)CNC(=O)CCCC(=O)O[C@@H](C(=O)O[C@H]1C[C@H]2[C@@H](OC(=O)c3ccccc3)[C@@H]3[C@]4(OC(C)=O)CO[C@@H]4C[C@H](O)[C@@]3(C)C(=O)C(O)C(=C1C)C2(C)C)[C@@H](NC(=O)OC(C)(C)C)c1ccccc1)Cc1ccccc1)C(C)=O. The molecule has 3 aromatic rings. The second-order valence-electron chi connectivity index (χ2n) is 31.9. The first-order valence-corrected chi connectivity index (χ1v) is 39.0. The number of aliphatic hydroxyl groups is 2. The van der Waals surface area contributed by atoms with Gasteiger partial charge in [0.2, 0.25) is 29.7 Å². The van der Waals surface area contributed by atoms with Gasteiger partial charge in [0.15, 0.2) is 23.0 Å². The molecule has 1 heterocycles. The molecule has 29 heteroatoms. The maximum atomic E-state index is 15.4. The number of ketones is 4. The smallest absolute Gasteiger partial charge is 0.408 e. The van der Waals surface area contributed by atoms with Crippen molar-refractivity contribution >= 4 is 76.7 Å². The zero-order valence-corrected chi connectivity index (χ0v) is 67.1. The van der Waals surface area contributed by atoms with E-state index < -0.39 is 179 Å². The summed E-state index contributed by atoms with van der Waals surface area (Å²) in [4.78, 5) is 181. The number of carbonyl (C=O) groups excluding carboxylic acids is 13. The summed E-state index contributed by atoms with van der Waals surface area (Å²) in [6.45, 7) is 18.1. The third-order valence-corrected chi connectivity index (χ3v) is 21.4. The number of esters is 4. The van der Waals surface area contributed by atoms with Crippen molar-refractivity contribution in [2.24, 2.45) is 34.5 Å². The Kier molecular flexibility index (Phi) is 34.1. The lowest BCUT2D eigenvalue weighted by Gasteiger charge is -2.65. The molecule has 29 nitrogen and oxygen atoms in total. The summed E-state index contributed by atoms with van der Waals surface area (Å²) in [6, 6.07) is 21.3. The minimum atomic E-state index is -2.04. The fraction of sp³-hybridized carbons (Fsp3) is 0.607. The van der Waals surface area contributed by atoms with Crippen LogP contribution in [0.1, 0.15) is 187 Å². The number of methoxy groups -OCH3 is 1. The average Bonchev–Trinajstić information content (AvgIpc) is 0.678. The van der Waals surface area contributed by atoms with Gasteiger partial charge in [-0.2, -0.15) is 0 Å². The van der Waals surface area contributed by atoms with E-state index in [0.29, 0.717) is 64.1 Å². The van der Waals surface area contributed by atoms with Crippen molar-refractivity contribution in [2.75, 3.05) is 59.8 Å². The molecule has 113 heavy (non-hydrogen) atoms. The third-order valence-electron chi connectivity index (χ3n) is 21.4. The first kappa shape index (κ1) is 91.1. The first-order valence-electron chi connectivity index (χ1n) is 39.0. The summed E-state index contributed by atoms with van der Waals surface area (Å²) in [5.74, 6) is -11.8. The molecule has 4 unspecified atom stereocenters. The van der Waals surface area contributed by atoms with Crippen molar-refractivity contribution in [3.8, 4) is 0 Å². The number of amides is 5. The van der Waals surface area contributed by atoms with E-state index in [-0.39, 0.29) is 104 Å². The van der Waals surface area contributed by atoms with Crippen LogP contribution >= 0.6 is 0 Å². The number of hydrogen-bond acceptors (Lipinski definition) is 24. The predicted octanol–water partition coefficient (Wildman–Crippen LogP) is 7.11. The highest BCUT2D eigenvalue weighted by atomic mass is 16.6. The van der Waals surface area contributed by atoms with Gasteiger partial charge in [-0.15, -0.1) is 0 Å². The molecular formula is C84H115N5O24. The van der Waals surface area contributed by atoms with Gasteiger partial charge in [-0.1, -0.05) is 119 Å². The van der Waals surface area contributed by atoms with E-state index in [2.05, 4.69) is 26.6 Å². The van der Waals surface area contributed by atoms with Crippen LogP contribution in [0.5, 0.6) is 0 Å². The van der Waals surface area contributed by atoms with Crippen LogP contribution in [0.25, 0.3) is 0 Å². The highest BCUT2D eigenvalue weighted by molar-refractivity contribution is 5.96. The highest BCUT2D eigenvalue weighted by Crippen LogP contribution is 2.63. The zero-order chi connectivity index (χ0) is 83.0.